The van der Waals surface area contributed by atoms with Crippen LogP contribution in [0.1, 0.15) is 77.6 Å². The Balaban J connectivity index is 1.83. The van der Waals surface area contributed by atoms with E-state index in [0.29, 0.717) is 11.3 Å². The van der Waals surface area contributed by atoms with Crippen LogP contribution in [0.15, 0.2) is 0 Å². The summed E-state index contributed by atoms with van der Waals surface area (Å²) in [6.45, 7) is 4.28. The van der Waals surface area contributed by atoms with Gasteiger partial charge in [-0.1, -0.05) is 39.0 Å². The van der Waals surface area contributed by atoms with Crippen molar-refractivity contribution < 1.29 is 4.79 Å². The van der Waals surface area contributed by atoms with Crippen molar-refractivity contribution in [3.63, 3.8) is 0 Å². The maximum absolute atomic E-state index is 12.2. The molecule has 1 heterocycles. The van der Waals surface area contributed by atoms with Gasteiger partial charge in [0.2, 0.25) is 5.91 Å². The van der Waals surface area contributed by atoms with Gasteiger partial charge in [-0.2, -0.15) is 0 Å². The number of amides is 1. The molecule has 1 saturated heterocycles. The molecule has 0 unspecified atom stereocenters. The first-order valence-electron chi connectivity index (χ1n) is 8.04. The average molecular weight is 251 g/mol. The molecule has 0 aromatic carbocycles. The predicted octanol–water partition coefficient (Wildman–Crippen LogP) is 4.14. The van der Waals surface area contributed by atoms with Crippen molar-refractivity contribution in [3.05, 3.63) is 0 Å². The Morgan fingerprint density at radius 1 is 1.06 bits per heavy atom. The monoisotopic (exact) mass is 251 g/mol. The third-order valence-electron chi connectivity index (χ3n) is 4.92. The van der Waals surface area contributed by atoms with Gasteiger partial charge in [0, 0.05) is 19.5 Å². The summed E-state index contributed by atoms with van der Waals surface area (Å²) in [7, 11) is 0. The first-order valence-corrected chi connectivity index (χ1v) is 8.04. The average Bonchev–Trinajstić information content (AvgIpc) is 2.40. The Labute approximate surface area is 112 Å². The molecule has 2 fully saturated rings. The third-order valence-corrected chi connectivity index (χ3v) is 4.92. The van der Waals surface area contributed by atoms with Crippen molar-refractivity contribution in [2.45, 2.75) is 77.6 Å². The van der Waals surface area contributed by atoms with Crippen molar-refractivity contribution in [2.75, 3.05) is 13.1 Å². The molecular weight excluding hydrogens is 222 g/mol. The van der Waals surface area contributed by atoms with E-state index in [1.165, 1.54) is 57.8 Å². The lowest BCUT2D eigenvalue weighted by Crippen LogP contribution is -2.46. The SMILES string of the molecule is CCCCCC(=O)N1CCCC2(CCCCC2)C1. The van der Waals surface area contributed by atoms with Crippen molar-refractivity contribution in [3.8, 4) is 0 Å². The van der Waals surface area contributed by atoms with Gasteiger partial charge in [0.05, 0.1) is 0 Å². The molecule has 104 valence electrons. The Kier molecular flexibility index (Phi) is 5.08. The molecule has 0 aromatic heterocycles. The molecular formula is C16H29NO. The van der Waals surface area contributed by atoms with Crippen LogP contribution < -0.4 is 0 Å². The fourth-order valence-electron chi connectivity index (χ4n) is 3.82. The molecule has 1 aliphatic carbocycles. The lowest BCUT2D eigenvalue weighted by molar-refractivity contribution is -0.135. The van der Waals surface area contributed by atoms with E-state index in [0.717, 1.165) is 25.9 Å². The first kappa shape index (κ1) is 13.9. The molecule has 2 rings (SSSR count). The number of rotatable bonds is 4. The summed E-state index contributed by atoms with van der Waals surface area (Å²) in [5.41, 5.74) is 0.511. The second-order valence-electron chi connectivity index (χ2n) is 6.44. The minimum Gasteiger partial charge on any atom is -0.342 e. The molecule has 2 aliphatic rings. The molecule has 0 bridgehead atoms. The number of piperidine rings is 1. The van der Waals surface area contributed by atoms with E-state index in [9.17, 15) is 4.79 Å². The quantitative estimate of drug-likeness (QED) is 0.688. The molecule has 0 atom stereocenters. The van der Waals surface area contributed by atoms with Crippen LogP contribution >= 0.6 is 0 Å². The van der Waals surface area contributed by atoms with Gasteiger partial charge in [0.1, 0.15) is 0 Å². The highest BCUT2D eigenvalue weighted by Crippen LogP contribution is 2.43. The Hall–Kier alpha value is -0.530. The van der Waals surface area contributed by atoms with Gasteiger partial charge < -0.3 is 4.90 Å². The third kappa shape index (κ3) is 3.49. The minimum absolute atomic E-state index is 0.424. The fourth-order valence-corrected chi connectivity index (χ4v) is 3.82. The number of hydrogen-bond acceptors (Lipinski definition) is 1. The normalized spacial score (nSPS) is 23.3. The van der Waals surface area contributed by atoms with Crippen LogP contribution in [-0.4, -0.2) is 23.9 Å². The topological polar surface area (TPSA) is 20.3 Å². The van der Waals surface area contributed by atoms with E-state index in [2.05, 4.69) is 11.8 Å². The van der Waals surface area contributed by atoms with Gasteiger partial charge in [0.25, 0.3) is 0 Å². The van der Waals surface area contributed by atoms with Gasteiger partial charge in [0.15, 0.2) is 0 Å². The summed E-state index contributed by atoms with van der Waals surface area (Å²) >= 11 is 0. The number of carbonyl (C=O) groups is 1. The zero-order valence-electron chi connectivity index (χ0n) is 12.0. The van der Waals surface area contributed by atoms with Gasteiger partial charge in [-0.15, -0.1) is 0 Å². The van der Waals surface area contributed by atoms with Crippen molar-refractivity contribution in [1.82, 2.24) is 4.90 Å². The van der Waals surface area contributed by atoms with Crippen LogP contribution in [0.25, 0.3) is 0 Å². The summed E-state index contributed by atoms with van der Waals surface area (Å²) in [5.74, 6) is 0.424. The number of nitrogens with zero attached hydrogens (tertiary/aromatic N) is 1. The van der Waals surface area contributed by atoms with Crippen LogP contribution in [0.2, 0.25) is 0 Å². The van der Waals surface area contributed by atoms with Gasteiger partial charge in [-0.3, -0.25) is 4.79 Å². The second-order valence-corrected chi connectivity index (χ2v) is 6.44. The maximum Gasteiger partial charge on any atom is 0.222 e. The van der Waals surface area contributed by atoms with E-state index in [4.69, 9.17) is 0 Å². The van der Waals surface area contributed by atoms with Crippen LogP contribution in [-0.2, 0) is 4.79 Å². The van der Waals surface area contributed by atoms with E-state index < -0.39 is 0 Å². The lowest BCUT2D eigenvalue weighted by atomic mass is 9.69. The highest BCUT2D eigenvalue weighted by atomic mass is 16.2. The molecule has 2 heteroatoms. The first-order chi connectivity index (χ1) is 8.76. The molecule has 0 aromatic rings. The molecule has 0 N–H and O–H groups in total. The van der Waals surface area contributed by atoms with Gasteiger partial charge in [-0.05, 0) is 37.5 Å². The van der Waals surface area contributed by atoms with E-state index in [1.807, 2.05) is 0 Å². The summed E-state index contributed by atoms with van der Waals surface area (Å²) < 4.78 is 0. The molecule has 1 amide bonds. The van der Waals surface area contributed by atoms with Gasteiger partial charge >= 0.3 is 0 Å². The van der Waals surface area contributed by atoms with Crippen LogP contribution in [0.4, 0.5) is 0 Å². The lowest BCUT2D eigenvalue weighted by Gasteiger charge is -2.45. The zero-order valence-corrected chi connectivity index (χ0v) is 12.0. The minimum atomic E-state index is 0.424. The molecule has 0 radical (unpaired) electrons. The Bertz CT molecular complexity index is 263. The fraction of sp³-hybridized carbons (Fsp3) is 0.938. The summed E-state index contributed by atoms with van der Waals surface area (Å²) in [4.78, 5) is 14.4. The molecule has 18 heavy (non-hydrogen) atoms. The van der Waals surface area contributed by atoms with Crippen molar-refractivity contribution in [1.29, 1.82) is 0 Å². The zero-order chi connectivity index (χ0) is 12.8. The predicted molar refractivity (Wildman–Crippen MR) is 75.5 cm³/mol. The molecule has 1 saturated carbocycles. The van der Waals surface area contributed by atoms with Crippen molar-refractivity contribution >= 4 is 5.91 Å². The Morgan fingerprint density at radius 3 is 2.50 bits per heavy atom. The van der Waals surface area contributed by atoms with Crippen LogP contribution in [0, 0.1) is 5.41 Å². The van der Waals surface area contributed by atoms with Gasteiger partial charge in [-0.25, -0.2) is 0 Å². The number of hydrogen-bond donors (Lipinski definition) is 0. The molecule has 1 aliphatic heterocycles. The number of likely N-dealkylation sites (tertiary alicyclic amines) is 1. The van der Waals surface area contributed by atoms with E-state index in [-0.39, 0.29) is 0 Å². The highest BCUT2D eigenvalue weighted by Gasteiger charge is 2.37. The summed E-state index contributed by atoms with van der Waals surface area (Å²) in [6, 6.07) is 0. The summed E-state index contributed by atoms with van der Waals surface area (Å²) in [5, 5.41) is 0. The molecule has 1 spiro atoms. The largest absolute Gasteiger partial charge is 0.342 e. The number of carbonyl (C=O) groups excluding carboxylic acids is 1. The summed E-state index contributed by atoms with van der Waals surface area (Å²) in [6.07, 6.45) is 13.8. The van der Waals surface area contributed by atoms with E-state index in [1.54, 1.807) is 0 Å². The van der Waals surface area contributed by atoms with Crippen LogP contribution in [0.5, 0.6) is 0 Å². The Morgan fingerprint density at radius 2 is 1.78 bits per heavy atom. The maximum atomic E-state index is 12.2. The second kappa shape index (κ2) is 6.58. The van der Waals surface area contributed by atoms with Crippen LogP contribution in [0.3, 0.4) is 0 Å². The number of unbranched alkanes of at least 4 members (excludes halogenated alkanes) is 2. The highest BCUT2D eigenvalue weighted by molar-refractivity contribution is 5.76. The van der Waals surface area contributed by atoms with Crippen molar-refractivity contribution in [2.24, 2.45) is 5.41 Å². The van der Waals surface area contributed by atoms with E-state index >= 15 is 0 Å². The smallest absolute Gasteiger partial charge is 0.222 e. The molecule has 2 nitrogen and oxygen atoms in total. The standard InChI is InChI=1S/C16H29NO/c1-2-3-5-9-15(18)17-13-8-12-16(14-17)10-6-4-7-11-16/h2-14H2,1H3.